The van der Waals surface area contributed by atoms with Crippen LogP contribution in [0.2, 0.25) is 0 Å². The van der Waals surface area contributed by atoms with Crippen LogP contribution in [-0.4, -0.2) is 43.3 Å². The molecule has 420 valence electrons. The molecule has 0 fully saturated rings. The van der Waals surface area contributed by atoms with Gasteiger partial charge in [0.25, 0.3) is 0 Å². The van der Waals surface area contributed by atoms with Crippen molar-refractivity contribution in [1.29, 1.82) is 0 Å². The predicted molar refractivity (Wildman–Crippen MR) is 386 cm³/mol. The number of anilines is 12. The van der Waals surface area contributed by atoms with Crippen LogP contribution in [0.1, 0.15) is 0 Å². The molecule has 18 rings (SSSR count). The molecule has 0 saturated heterocycles. The minimum absolute atomic E-state index is 0.0674. The van der Waals surface area contributed by atoms with Gasteiger partial charge in [0.1, 0.15) is 0 Å². The number of para-hydroxylation sites is 8. The van der Waals surface area contributed by atoms with Crippen molar-refractivity contribution in [3.8, 4) is 22.3 Å². The Balaban J connectivity index is 0.963. The normalized spacial score (nSPS) is 12.9. The van der Waals surface area contributed by atoms with Gasteiger partial charge >= 0.3 is 542 Å². The Bertz CT molecular complexity index is 4770. The van der Waals surface area contributed by atoms with Gasteiger partial charge in [-0.2, -0.15) is 0 Å². The Labute approximate surface area is 538 Å². The monoisotopic (exact) mass is 1280 g/mol. The van der Waals surface area contributed by atoms with Crippen molar-refractivity contribution in [2.24, 2.45) is 0 Å². The molecule has 90 heavy (non-hydrogen) atoms. The van der Waals surface area contributed by atoms with Crippen LogP contribution in [-0.2, 0) is 0 Å². The van der Waals surface area contributed by atoms with Crippen molar-refractivity contribution in [3.63, 3.8) is 0 Å². The van der Waals surface area contributed by atoms with E-state index in [2.05, 4.69) is 347 Å². The van der Waals surface area contributed by atoms with E-state index in [1.165, 1.54) is 106 Å². The summed E-state index contributed by atoms with van der Waals surface area (Å²) in [6.45, 7) is -0.135. The van der Waals surface area contributed by atoms with E-state index in [4.69, 9.17) is 0 Å². The maximum atomic E-state index is 2.75. The summed E-state index contributed by atoms with van der Waals surface area (Å²) >= 11 is -0.379. The van der Waals surface area contributed by atoms with Gasteiger partial charge in [-0.3, -0.25) is 0 Å². The van der Waals surface area contributed by atoms with Crippen molar-refractivity contribution in [1.82, 2.24) is 0 Å². The molecule has 0 radical (unpaired) electrons. The fourth-order valence-corrected chi connectivity index (χ4v) is 20.7. The Morgan fingerprint density at radius 1 is 0.267 bits per heavy atom. The molecule has 0 unspecified atom stereocenters. The van der Waals surface area contributed by atoms with Gasteiger partial charge in [-0.05, 0) is 0 Å². The predicted octanol–water partition coefficient (Wildman–Crippen LogP) is 13.6. The molecule has 4 heterocycles. The number of hydrogen-bond donors (Lipinski definition) is 0. The molecule has 4 aliphatic rings. The Kier molecular flexibility index (Phi) is 12.8. The van der Waals surface area contributed by atoms with Gasteiger partial charge in [0.2, 0.25) is 0 Å². The van der Waals surface area contributed by atoms with Crippen LogP contribution in [0.5, 0.6) is 0 Å². The van der Waals surface area contributed by atoms with Crippen LogP contribution >= 0.6 is 0 Å². The van der Waals surface area contributed by atoms with E-state index in [9.17, 15) is 0 Å². The number of hydrogen-bond acceptors (Lipinski definition) is 4. The van der Waals surface area contributed by atoms with Crippen molar-refractivity contribution in [2.75, 3.05) is 19.6 Å². The summed E-state index contributed by atoms with van der Waals surface area (Å²) in [6.07, 6.45) is 0. The second-order valence-electron chi connectivity index (χ2n) is 23.5. The van der Waals surface area contributed by atoms with E-state index in [1.807, 2.05) is 0 Å². The minimum atomic E-state index is -0.189. The Morgan fingerprint density at radius 3 is 1.10 bits per heavy atom. The molecule has 0 N–H and O–H groups in total. The van der Waals surface area contributed by atoms with Gasteiger partial charge in [0.05, 0.1) is 0 Å². The van der Waals surface area contributed by atoms with Crippen molar-refractivity contribution < 1.29 is 0 Å². The first-order valence-electron chi connectivity index (χ1n) is 30.9. The fraction of sp³-hybridized carbons (Fsp3) is 0. The number of benzene rings is 14. The summed E-state index contributed by atoms with van der Waals surface area (Å²) in [5, 5.41) is 2.50. The van der Waals surface area contributed by atoms with Crippen LogP contribution in [0.15, 0.2) is 328 Å². The van der Waals surface area contributed by atoms with E-state index < -0.39 is 0 Å². The van der Waals surface area contributed by atoms with Gasteiger partial charge in [-0.1, -0.05) is 0 Å². The molecule has 4 nitrogen and oxygen atoms in total. The van der Waals surface area contributed by atoms with E-state index in [1.54, 1.807) is 0 Å². The maximum absolute atomic E-state index is 2.75. The third-order valence-electron chi connectivity index (χ3n) is 18.5. The van der Waals surface area contributed by atoms with Crippen molar-refractivity contribution >= 4 is 173 Å². The summed E-state index contributed by atoms with van der Waals surface area (Å²) in [7, 11) is 0. The van der Waals surface area contributed by atoms with E-state index in [-0.39, 0.29) is 43.3 Å². The molecule has 0 atom stereocenters. The Morgan fingerprint density at radius 2 is 0.633 bits per heavy atom. The molecule has 0 aliphatic carbocycles. The van der Waals surface area contributed by atoms with Crippen LogP contribution in [0.25, 0.3) is 33.0 Å². The zero-order chi connectivity index (χ0) is 59.2. The SMILES string of the molecule is c1ccc(N(c2ccccc2)c2cc3c4c(c2)N(c2ccccc2)c2ccccc2B4c2cc4c(c(-c5ccccc5-c5cccc6ccccc56)c2[Se]3)[Se]c2cc(N(c3ccccc3)c3ccccc3)cc3c2B4c2ccccc2N3c2ccccc2)cc1. The zero-order valence-corrected chi connectivity index (χ0v) is 52.4. The topological polar surface area (TPSA) is 13.0 Å². The molecular formula is C82H54B2N4Se2. The van der Waals surface area contributed by atoms with Crippen molar-refractivity contribution in [3.05, 3.63) is 328 Å². The van der Waals surface area contributed by atoms with Crippen molar-refractivity contribution in [2.45, 2.75) is 0 Å². The van der Waals surface area contributed by atoms with Gasteiger partial charge in [-0.15, -0.1) is 0 Å². The summed E-state index contributed by atoms with van der Waals surface area (Å²) in [6, 6.07) is 123. The number of rotatable bonds is 10. The van der Waals surface area contributed by atoms with Crippen LogP contribution in [0, 0.1) is 0 Å². The second kappa shape index (κ2) is 21.8. The van der Waals surface area contributed by atoms with Gasteiger partial charge in [-0.25, -0.2) is 0 Å². The first-order chi connectivity index (χ1) is 44.7. The first kappa shape index (κ1) is 52.8. The molecule has 0 spiro atoms. The Hall–Kier alpha value is -10.3. The third-order valence-corrected chi connectivity index (χ3v) is 23.5. The molecule has 8 heteroatoms. The summed E-state index contributed by atoms with van der Waals surface area (Å²) in [5.41, 5.74) is 27.4. The average molecular weight is 1270 g/mol. The van der Waals surface area contributed by atoms with Crippen LogP contribution < -0.4 is 70.2 Å². The standard InChI is InChI=1S/C82H54B2N4Se2/c1-7-30-56(31-8-1)85(57-32-9-2-10-33-57)62-50-74-79-76(52-62)89-81-70(83(79)68-46-23-25-48-72(68)87(74)60-38-15-5-16-39-60)54-71-82(78(81)67-44-22-21-43-66(67)65-45-27-29-55-28-19-20-42-64(55)65)90-77-53-63(86(58-34-11-3-12-35-58)59-36-13-4-14-37-59)51-75-80(77)84(71)69-47-24-26-49-73(69)88(75)61-40-17-6-18-41-61/h1-54H. The molecule has 0 saturated carbocycles. The van der Waals surface area contributed by atoms with Crippen LogP contribution in [0.4, 0.5) is 68.2 Å². The first-order valence-corrected chi connectivity index (χ1v) is 34.3. The summed E-state index contributed by atoms with van der Waals surface area (Å²) in [5.74, 6) is 0. The molecule has 14 aromatic rings. The number of nitrogens with zero attached hydrogens (tertiary/aromatic N) is 4. The summed E-state index contributed by atoms with van der Waals surface area (Å²) < 4.78 is 5.74. The fourth-order valence-electron chi connectivity index (χ4n) is 14.8. The third kappa shape index (κ3) is 8.52. The van der Waals surface area contributed by atoms with Crippen LogP contribution in [0.3, 0.4) is 0 Å². The van der Waals surface area contributed by atoms with E-state index >= 15 is 0 Å². The molecular weight excluding hydrogens is 1220 g/mol. The summed E-state index contributed by atoms with van der Waals surface area (Å²) in [4.78, 5) is 10.1. The molecule has 14 aromatic carbocycles. The molecule has 0 bridgehead atoms. The van der Waals surface area contributed by atoms with Gasteiger partial charge in [0, 0.05) is 0 Å². The van der Waals surface area contributed by atoms with E-state index in [0.29, 0.717) is 0 Å². The quantitative estimate of drug-likeness (QED) is 0.127. The molecule has 0 amide bonds. The molecule has 4 aliphatic heterocycles. The van der Waals surface area contributed by atoms with Gasteiger partial charge in [0.15, 0.2) is 0 Å². The van der Waals surface area contributed by atoms with E-state index in [0.717, 1.165) is 45.5 Å². The number of fused-ring (bicyclic) bond motifs is 9. The zero-order valence-electron chi connectivity index (χ0n) is 48.9. The average Bonchev–Trinajstić information content (AvgIpc) is 0.693. The van der Waals surface area contributed by atoms with Gasteiger partial charge < -0.3 is 0 Å². The molecule has 0 aromatic heterocycles. The second-order valence-corrected chi connectivity index (χ2v) is 27.9.